The Kier molecular flexibility index (Phi) is 3.21. The minimum absolute atomic E-state index is 0.0437. The quantitative estimate of drug-likeness (QED) is 0.704. The number of aromatic hydroxyl groups is 1. The number of alkyl halides is 3. The SMILES string of the molecule is NC[C@H](N)c1ccc(O)c(C(F)(F)F)c1. The first-order chi connectivity index (χ1) is 6.86. The number of phenolic OH excluding ortho intramolecular Hbond substituents is 1. The van der Waals surface area contributed by atoms with Gasteiger partial charge in [-0.15, -0.1) is 0 Å². The summed E-state index contributed by atoms with van der Waals surface area (Å²) in [6.45, 7) is 0.0437. The Morgan fingerprint density at radius 3 is 2.40 bits per heavy atom. The van der Waals surface area contributed by atoms with Crippen LogP contribution in [0.5, 0.6) is 5.75 Å². The first kappa shape index (κ1) is 11.8. The molecule has 1 rings (SSSR count). The van der Waals surface area contributed by atoms with E-state index < -0.39 is 23.5 Å². The lowest BCUT2D eigenvalue weighted by molar-refractivity contribution is -0.138. The maximum atomic E-state index is 12.4. The van der Waals surface area contributed by atoms with Crippen LogP contribution in [0, 0.1) is 0 Å². The standard InChI is InChI=1S/C9H11F3N2O/c10-9(11,12)6-3-5(7(14)4-13)1-2-8(6)15/h1-3,7,15H,4,13-14H2/t7-/m0/s1. The molecule has 1 atom stereocenters. The smallest absolute Gasteiger partial charge is 0.419 e. The number of benzene rings is 1. The Labute approximate surface area is 84.5 Å². The molecule has 0 fully saturated rings. The second-order valence-corrected chi connectivity index (χ2v) is 3.12. The predicted molar refractivity (Wildman–Crippen MR) is 49.1 cm³/mol. The molecule has 0 aliphatic rings. The molecular weight excluding hydrogens is 209 g/mol. The van der Waals surface area contributed by atoms with Gasteiger partial charge in [0.1, 0.15) is 5.75 Å². The van der Waals surface area contributed by atoms with Gasteiger partial charge < -0.3 is 16.6 Å². The molecule has 5 N–H and O–H groups in total. The van der Waals surface area contributed by atoms with Crippen LogP contribution < -0.4 is 11.5 Å². The second kappa shape index (κ2) is 4.08. The molecule has 0 aliphatic heterocycles. The van der Waals surface area contributed by atoms with Crippen LogP contribution >= 0.6 is 0 Å². The highest BCUT2D eigenvalue weighted by molar-refractivity contribution is 5.39. The molecule has 1 aromatic rings. The van der Waals surface area contributed by atoms with Crippen LogP contribution in [0.2, 0.25) is 0 Å². The molecule has 0 saturated carbocycles. The van der Waals surface area contributed by atoms with E-state index in [-0.39, 0.29) is 12.1 Å². The van der Waals surface area contributed by atoms with E-state index in [0.717, 1.165) is 12.1 Å². The first-order valence-corrected chi connectivity index (χ1v) is 4.22. The van der Waals surface area contributed by atoms with E-state index >= 15 is 0 Å². The van der Waals surface area contributed by atoms with Crippen molar-refractivity contribution >= 4 is 0 Å². The summed E-state index contributed by atoms with van der Waals surface area (Å²) in [5.74, 6) is -0.810. The Bertz CT molecular complexity index is 352. The average Bonchev–Trinajstić information content (AvgIpc) is 2.15. The molecule has 0 spiro atoms. The summed E-state index contributed by atoms with van der Waals surface area (Å²) in [5, 5.41) is 9.03. The lowest BCUT2D eigenvalue weighted by Gasteiger charge is -2.13. The van der Waals surface area contributed by atoms with Crippen molar-refractivity contribution in [3.8, 4) is 5.75 Å². The molecule has 0 bridgehead atoms. The van der Waals surface area contributed by atoms with E-state index in [9.17, 15) is 13.2 Å². The van der Waals surface area contributed by atoms with Crippen molar-refractivity contribution in [2.45, 2.75) is 12.2 Å². The maximum Gasteiger partial charge on any atom is 0.419 e. The Balaban J connectivity index is 3.17. The van der Waals surface area contributed by atoms with Crippen molar-refractivity contribution < 1.29 is 18.3 Å². The van der Waals surface area contributed by atoms with E-state index in [1.165, 1.54) is 6.07 Å². The predicted octanol–water partition coefficient (Wildman–Crippen LogP) is 1.37. The third-order valence-corrected chi connectivity index (χ3v) is 2.01. The van der Waals surface area contributed by atoms with Crippen LogP contribution in [-0.4, -0.2) is 11.7 Å². The molecule has 1 aromatic carbocycles. The third kappa shape index (κ3) is 2.60. The van der Waals surface area contributed by atoms with Gasteiger partial charge in [0.25, 0.3) is 0 Å². The Morgan fingerprint density at radius 2 is 1.93 bits per heavy atom. The van der Waals surface area contributed by atoms with Crippen molar-refractivity contribution in [3.63, 3.8) is 0 Å². The van der Waals surface area contributed by atoms with E-state index in [4.69, 9.17) is 16.6 Å². The summed E-state index contributed by atoms with van der Waals surface area (Å²) in [6.07, 6.45) is -4.59. The number of rotatable bonds is 2. The fraction of sp³-hybridized carbons (Fsp3) is 0.333. The average molecular weight is 220 g/mol. The normalized spacial score (nSPS) is 13.9. The molecule has 0 saturated heterocycles. The second-order valence-electron chi connectivity index (χ2n) is 3.12. The van der Waals surface area contributed by atoms with Gasteiger partial charge in [0.15, 0.2) is 0 Å². The van der Waals surface area contributed by atoms with Gasteiger partial charge in [-0.3, -0.25) is 0 Å². The van der Waals surface area contributed by atoms with E-state index in [1.807, 2.05) is 0 Å². The van der Waals surface area contributed by atoms with Crippen LogP contribution in [0.4, 0.5) is 13.2 Å². The van der Waals surface area contributed by atoms with Crippen LogP contribution in [-0.2, 0) is 6.18 Å². The monoisotopic (exact) mass is 220 g/mol. The molecule has 0 aliphatic carbocycles. The summed E-state index contributed by atoms with van der Waals surface area (Å²) < 4.78 is 37.1. The van der Waals surface area contributed by atoms with Gasteiger partial charge in [-0.1, -0.05) is 6.07 Å². The fourth-order valence-electron chi connectivity index (χ4n) is 1.15. The first-order valence-electron chi connectivity index (χ1n) is 4.22. The number of hydrogen-bond donors (Lipinski definition) is 3. The van der Waals surface area contributed by atoms with Crippen LogP contribution in [0.1, 0.15) is 17.2 Å². The zero-order chi connectivity index (χ0) is 11.6. The summed E-state index contributed by atoms with van der Waals surface area (Å²) >= 11 is 0. The number of halogens is 3. The highest BCUT2D eigenvalue weighted by Gasteiger charge is 2.34. The topological polar surface area (TPSA) is 72.3 Å². The Hall–Kier alpha value is -1.27. The lowest BCUT2D eigenvalue weighted by atomic mass is 10.0. The van der Waals surface area contributed by atoms with Crippen LogP contribution in [0.3, 0.4) is 0 Å². The molecule has 0 unspecified atom stereocenters. The highest BCUT2D eigenvalue weighted by atomic mass is 19.4. The van der Waals surface area contributed by atoms with Gasteiger partial charge in [0.2, 0.25) is 0 Å². The molecule has 0 amide bonds. The van der Waals surface area contributed by atoms with Gasteiger partial charge >= 0.3 is 6.18 Å². The van der Waals surface area contributed by atoms with Crippen molar-refractivity contribution in [2.24, 2.45) is 11.5 Å². The zero-order valence-corrected chi connectivity index (χ0v) is 7.75. The number of hydrogen-bond acceptors (Lipinski definition) is 3. The van der Waals surface area contributed by atoms with Crippen molar-refractivity contribution in [3.05, 3.63) is 29.3 Å². The number of phenols is 1. The minimum Gasteiger partial charge on any atom is -0.507 e. The van der Waals surface area contributed by atoms with Gasteiger partial charge in [-0.2, -0.15) is 13.2 Å². The Morgan fingerprint density at radius 1 is 1.33 bits per heavy atom. The summed E-state index contributed by atoms with van der Waals surface area (Å²) in [6, 6.07) is 2.44. The fourth-order valence-corrected chi connectivity index (χ4v) is 1.15. The molecule has 15 heavy (non-hydrogen) atoms. The van der Waals surface area contributed by atoms with Crippen molar-refractivity contribution in [1.82, 2.24) is 0 Å². The largest absolute Gasteiger partial charge is 0.507 e. The van der Waals surface area contributed by atoms with Crippen LogP contribution in [0.25, 0.3) is 0 Å². The molecule has 0 aromatic heterocycles. The van der Waals surface area contributed by atoms with Crippen LogP contribution in [0.15, 0.2) is 18.2 Å². The summed E-state index contributed by atoms with van der Waals surface area (Å²) in [4.78, 5) is 0. The molecular formula is C9H11F3N2O. The van der Waals surface area contributed by atoms with E-state index in [0.29, 0.717) is 0 Å². The summed E-state index contributed by atoms with van der Waals surface area (Å²) in [5.41, 5.74) is 9.87. The highest BCUT2D eigenvalue weighted by Crippen LogP contribution is 2.36. The van der Waals surface area contributed by atoms with Gasteiger partial charge in [-0.25, -0.2) is 0 Å². The molecule has 0 heterocycles. The number of nitrogens with two attached hydrogens (primary N) is 2. The molecule has 6 heteroatoms. The summed E-state index contributed by atoms with van der Waals surface area (Å²) in [7, 11) is 0. The lowest BCUT2D eigenvalue weighted by Crippen LogP contribution is -2.21. The van der Waals surface area contributed by atoms with E-state index in [2.05, 4.69) is 0 Å². The molecule has 3 nitrogen and oxygen atoms in total. The van der Waals surface area contributed by atoms with E-state index in [1.54, 1.807) is 0 Å². The third-order valence-electron chi connectivity index (χ3n) is 2.01. The van der Waals surface area contributed by atoms with Gasteiger partial charge in [0, 0.05) is 12.6 Å². The molecule has 84 valence electrons. The van der Waals surface area contributed by atoms with Gasteiger partial charge in [0.05, 0.1) is 5.56 Å². The maximum absolute atomic E-state index is 12.4. The zero-order valence-electron chi connectivity index (χ0n) is 7.75. The van der Waals surface area contributed by atoms with Crippen molar-refractivity contribution in [1.29, 1.82) is 0 Å². The molecule has 0 radical (unpaired) electrons. The minimum atomic E-state index is -4.59. The van der Waals surface area contributed by atoms with Gasteiger partial charge in [-0.05, 0) is 17.7 Å². The van der Waals surface area contributed by atoms with Crippen molar-refractivity contribution in [2.75, 3.05) is 6.54 Å².